The largest absolute Gasteiger partial charge is 1.00 e. The van der Waals surface area contributed by atoms with Crippen molar-refractivity contribution in [3.05, 3.63) is 264 Å². The van der Waals surface area contributed by atoms with E-state index in [4.69, 9.17) is 81.1 Å². The molecule has 8 aromatic heterocycles. The summed E-state index contributed by atoms with van der Waals surface area (Å²) in [4.78, 5) is 34.8. The van der Waals surface area contributed by atoms with E-state index in [9.17, 15) is 0 Å². The number of nitrogens with zero attached hydrogens (tertiary/aromatic N) is 29. The van der Waals surface area contributed by atoms with Gasteiger partial charge in [0.15, 0.2) is 0 Å². The second-order valence-corrected chi connectivity index (χ2v) is 27.3. The van der Waals surface area contributed by atoms with E-state index in [1.165, 1.54) is 0 Å². The molecular formula is C76H77Cl11N36. The molecular weight excluding hydrogens is 1810 g/mol. The summed E-state index contributed by atoms with van der Waals surface area (Å²) in [5, 5.41) is 58.7. The van der Waals surface area contributed by atoms with Crippen molar-refractivity contribution in [2.45, 2.75) is 0 Å². The van der Waals surface area contributed by atoms with Crippen LogP contribution in [0.15, 0.2) is 283 Å². The second-order valence-electron chi connectivity index (χ2n) is 25.3. The van der Waals surface area contributed by atoms with Crippen LogP contribution in [0.4, 0.5) is 127 Å². The second kappa shape index (κ2) is 48.2. The molecule has 15 aromatic rings. The Labute approximate surface area is 766 Å². The van der Waals surface area contributed by atoms with Gasteiger partial charge < -0.3 is 100 Å². The summed E-state index contributed by atoms with van der Waals surface area (Å²) in [6.45, 7) is 0. The number of halogens is 11. The lowest BCUT2D eigenvalue weighted by molar-refractivity contribution is -0.657. The molecule has 0 saturated carbocycles. The lowest BCUT2D eigenvalue weighted by Gasteiger charge is -2.10. The zero-order valence-electron chi connectivity index (χ0n) is 66.7. The average molecular weight is 1880 g/mol. The van der Waals surface area contributed by atoms with Gasteiger partial charge in [-0.2, -0.15) is 44.9 Å². The van der Waals surface area contributed by atoms with Crippen LogP contribution in [0, 0.1) is 0 Å². The van der Waals surface area contributed by atoms with Crippen molar-refractivity contribution in [1.82, 2.24) is 67.7 Å². The fourth-order valence-corrected chi connectivity index (χ4v) is 11.3. The van der Waals surface area contributed by atoms with Crippen molar-refractivity contribution >= 4 is 197 Å². The molecule has 0 aliphatic carbocycles. The maximum absolute atomic E-state index is 6.21. The third-order valence-electron chi connectivity index (χ3n) is 16.2. The Morgan fingerprint density at radius 3 is 0.610 bits per heavy atom. The SMILES string of the molecule is Clc1nc(Cl)nc(Cl)n1.Cn1cc[n+](C)c1N=Nc1ccc(N)cc1.Cn1cc[n+](C)c1N=Nc1ccc(Nc2ccc(N)cc2)cc1.Cn1cc[n+](C)c1N=Nc1ccc(Nc2ccc(Nc3nc(Cl)nc(Nc4ccc(N=Nc5n(C)cc[n+]5C)cc4)n3)cc2)cc1.Cn1cc[n+](C)c1N=Nc1ccc(Nc2nc(Cl)nc(Cl)n2)cc1.[Cl-].[Cl-].[Cl-].[Cl-].[Cl-]. The number of azo groups is 5. The summed E-state index contributed by atoms with van der Waals surface area (Å²) in [5.41, 5.74) is 22.6. The summed E-state index contributed by atoms with van der Waals surface area (Å²) in [6, 6.07) is 52.8. The van der Waals surface area contributed by atoms with Crippen LogP contribution in [0.25, 0.3) is 0 Å². The number of nitrogens with one attached hydrogen (secondary N) is 5. The van der Waals surface area contributed by atoms with Crippen LogP contribution in [0.5, 0.6) is 0 Å². The van der Waals surface area contributed by atoms with Gasteiger partial charge in [-0.1, -0.05) is 25.6 Å². The monoisotopic (exact) mass is 1880 g/mol. The summed E-state index contributed by atoms with van der Waals surface area (Å²) in [6.07, 6.45) is 19.2. The maximum atomic E-state index is 6.21. The quantitative estimate of drug-likeness (QED) is 0.0328. The summed E-state index contributed by atoms with van der Waals surface area (Å²) < 4.78 is 19.0. The van der Waals surface area contributed by atoms with E-state index in [0.29, 0.717) is 23.3 Å². The van der Waals surface area contributed by atoms with Crippen LogP contribution >= 0.6 is 69.6 Å². The van der Waals surface area contributed by atoms with Gasteiger partial charge in [0.1, 0.15) is 28.4 Å². The van der Waals surface area contributed by atoms with Gasteiger partial charge in [-0.05, 0) is 239 Å². The molecule has 0 saturated heterocycles. The van der Waals surface area contributed by atoms with Gasteiger partial charge in [0, 0.05) is 76.8 Å². The Hall–Kier alpha value is -12.6. The number of benzene rings is 7. The Bertz CT molecular complexity index is 5860. The number of anilines is 12. The Morgan fingerprint density at radius 1 is 0.236 bits per heavy atom. The van der Waals surface area contributed by atoms with Crippen molar-refractivity contribution in [3.8, 4) is 0 Å². The molecule has 15 rings (SSSR count). The molecule has 0 bridgehead atoms. The van der Waals surface area contributed by atoms with Crippen molar-refractivity contribution in [2.75, 3.05) is 38.1 Å². The van der Waals surface area contributed by atoms with Gasteiger partial charge in [0.2, 0.25) is 49.5 Å². The normalized spacial score (nSPS) is 10.7. The van der Waals surface area contributed by atoms with E-state index < -0.39 is 0 Å². The summed E-state index contributed by atoms with van der Waals surface area (Å²) in [5.74, 6) is 4.67. The smallest absolute Gasteiger partial charge is 0.421 e. The Kier molecular flexibility index (Phi) is 38.8. The number of aromatic nitrogens is 19. The molecule has 0 unspecified atom stereocenters. The summed E-state index contributed by atoms with van der Waals surface area (Å²) >= 11 is 33.6. The first-order chi connectivity index (χ1) is 56.8. The van der Waals surface area contributed by atoms with Crippen LogP contribution in [0.2, 0.25) is 31.7 Å². The molecule has 0 radical (unpaired) electrons. The number of imidazole rings is 5. The highest BCUT2D eigenvalue weighted by Gasteiger charge is 2.17. The highest BCUT2D eigenvalue weighted by Crippen LogP contribution is 2.29. The molecule has 638 valence electrons. The molecule has 0 atom stereocenters. The highest BCUT2D eigenvalue weighted by molar-refractivity contribution is 6.33. The third-order valence-corrected chi connectivity index (χ3v) is 17.3. The highest BCUT2D eigenvalue weighted by atomic mass is 35.5. The molecule has 0 aliphatic heterocycles. The number of nitrogen functional groups attached to an aromatic ring is 2. The van der Waals surface area contributed by atoms with E-state index >= 15 is 0 Å². The minimum atomic E-state index is 0. The van der Waals surface area contributed by atoms with Gasteiger partial charge in [0.05, 0.1) is 132 Å². The minimum absolute atomic E-state index is 0. The third kappa shape index (κ3) is 30.5. The van der Waals surface area contributed by atoms with E-state index in [-0.39, 0.29) is 99.7 Å². The lowest BCUT2D eigenvalue weighted by Crippen LogP contribution is -3.00. The van der Waals surface area contributed by atoms with Gasteiger partial charge in [0.25, 0.3) is 0 Å². The molecule has 47 heteroatoms. The standard InChI is InChI=1S/C31H29ClN14.C17H18N6.C14H12Cl2N8.C11H13N5.C3Cl3N3.5ClH/c1-43-17-18-44(2)30(43)41-39-25-13-9-22(10-14-25)33-21-5-7-23(8-6-21)34-28-36-27(32)37-29(38-28)35-24-11-15-26(16-12-24)40-42-31-45(3)19-20-46(31)4;1-22-11-12-23(2)17(22)21-20-16-9-7-15(8-10-16)19-14-5-3-13(18)4-6-14;1-23-7-8-24(2)14(23)22-21-10-5-3-9(4-6-10)17-13-19-11(15)18-12(16)20-13;1-15-7-8-16(2)11(15)14-13-10-5-3-9(12)4-6-10;4-1-7-2(5)9-3(6)8-1;;;;;/h5-20H,1-4H3,(H,34,36,37,38,39);3-12H,1-2H3,(H2,18,20);3-8H,1-2H3;3-8,12H,1-2H3;;5*1H. The van der Waals surface area contributed by atoms with Crippen molar-refractivity contribution < 1.29 is 84.9 Å². The number of hydrogen-bond donors (Lipinski definition) is 7. The van der Waals surface area contributed by atoms with Crippen LogP contribution in [-0.2, 0) is 70.5 Å². The first kappa shape index (κ1) is 99.2. The molecule has 36 nitrogen and oxygen atoms in total. The number of hydrogen-bond acceptors (Lipinski definition) is 26. The molecule has 0 fully saturated rings. The first-order valence-corrected chi connectivity index (χ1v) is 37.4. The van der Waals surface area contributed by atoms with Crippen LogP contribution in [0.1, 0.15) is 0 Å². The number of rotatable bonds is 20. The van der Waals surface area contributed by atoms with Crippen LogP contribution < -0.4 is 123 Å². The van der Waals surface area contributed by atoms with Crippen LogP contribution in [0.3, 0.4) is 0 Å². The molecule has 8 heterocycles. The average Bonchev–Trinajstić information content (AvgIpc) is 1.80. The van der Waals surface area contributed by atoms with Gasteiger partial charge in [-0.25, -0.2) is 45.7 Å². The molecule has 0 amide bonds. The lowest BCUT2D eigenvalue weighted by atomic mass is 10.2. The van der Waals surface area contributed by atoms with Crippen molar-refractivity contribution in [1.29, 1.82) is 0 Å². The topological polar surface area (TPSA) is 396 Å². The zero-order valence-corrected chi connectivity index (χ0v) is 75.0. The van der Waals surface area contributed by atoms with Gasteiger partial charge in [-0.15, -0.1) is 0 Å². The molecule has 7 aromatic carbocycles. The van der Waals surface area contributed by atoms with Crippen molar-refractivity contribution in [3.63, 3.8) is 0 Å². The van der Waals surface area contributed by atoms with E-state index in [1.54, 1.807) is 12.1 Å². The molecule has 0 spiro atoms. The maximum Gasteiger partial charge on any atom is 0.421 e. The van der Waals surface area contributed by atoms with Crippen molar-refractivity contribution in [2.24, 2.45) is 122 Å². The Morgan fingerprint density at radius 2 is 0.398 bits per heavy atom. The van der Waals surface area contributed by atoms with E-state index in [0.717, 1.165) is 98.0 Å². The minimum Gasteiger partial charge on any atom is -1.00 e. The van der Waals surface area contributed by atoms with Crippen LogP contribution in [-0.4, -0.2) is 67.7 Å². The summed E-state index contributed by atoms with van der Waals surface area (Å²) in [7, 11) is 19.2. The van der Waals surface area contributed by atoms with Gasteiger partial charge in [-0.3, -0.25) is 0 Å². The number of nitrogens with two attached hydrogens (primary N) is 2. The fourth-order valence-electron chi connectivity index (χ4n) is 10.2. The Balaban J connectivity index is 0.000000258. The molecule has 0 aliphatic rings. The van der Waals surface area contributed by atoms with E-state index in [1.807, 2.05) is 336 Å². The predicted octanol–water partition coefficient (Wildman–Crippen LogP) is 2.70. The zero-order chi connectivity index (χ0) is 83.8. The predicted molar refractivity (Wildman–Crippen MR) is 454 cm³/mol. The molecule has 9 N–H and O–H groups in total. The fraction of sp³-hybridized carbons (Fsp3) is 0.132. The first-order valence-electron chi connectivity index (χ1n) is 35.2. The number of aryl methyl sites for hydroxylation is 10. The van der Waals surface area contributed by atoms with Gasteiger partial charge >= 0.3 is 29.7 Å². The van der Waals surface area contributed by atoms with E-state index in [2.05, 4.69) is 123 Å². The molecule has 123 heavy (non-hydrogen) atoms.